The normalized spacial score (nSPS) is 22.4. The summed E-state index contributed by atoms with van der Waals surface area (Å²) in [4.78, 5) is 7.20. The summed E-state index contributed by atoms with van der Waals surface area (Å²) in [5, 5.41) is 6.73. The molecule has 0 aromatic rings. The van der Waals surface area contributed by atoms with Crippen LogP contribution in [0.15, 0.2) is 4.99 Å². The van der Waals surface area contributed by atoms with E-state index < -0.39 is 0 Å². The monoisotopic (exact) mass is 412 g/mol. The molecule has 0 spiro atoms. The van der Waals surface area contributed by atoms with Gasteiger partial charge in [-0.25, -0.2) is 0 Å². The van der Waals surface area contributed by atoms with Crippen molar-refractivity contribution in [2.75, 3.05) is 32.8 Å². The van der Waals surface area contributed by atoms with Gasteiger partial charge >= 0.3 is 0 Å². The standard InChI is InChI=1S/C15H32N4O.HI/c1-7-16-14(18-15(4,5)6)17-10-12(2)19-8-9-20-11-13(19)3;/h12-13H,7-11H2,1-6H3,(H2,16,17,18);1H. The summed E-state index contributed by atoms with van der Waals surface area (Å²) in [5.74, 6) is 0.896. The number of aliphatic imine (C=N–C) groups is 1. The van der Waals surface area contributed by atoms with Crippen molar-refractivity contribution < 1.29 is 4.74 Å². The minimum Gasteiger partial charge on any atom is -0.379 e. The van der Waals surface area contributed by atoms with E-state index in [1.165, 1.54) is 0 Å². The Labute approximate surface area is 147 Å². The molecule has 2 N–H and O–H groups in total. The summed E-state index contributed by atoms with van der Waals surface area (Å²) in [5.41, 5.74) is 0.0243. The molecule has 5 nitrogen and oxygen atoms in total. The molecule has 126 valence electrons. The molecule has 6 heteroatoms. The van der Waals surface area contributed by atoms with Crippen molar-refractivity contribution in [1.82, 2.24) is 15.5 Å². The van der Waals surface area contributed by atoms with Crippen LogP contribution in [0.3, 0.4) is 0 Å². The molecule has 1 aliphatic rings. The summed E-state index contributed by atoms with van der Waals surface area (Å²) >= 11 is 0. The predicted molar refractivity (Wildman–Crippen MR) is 101 cm³/mol. The lowest BCUT2D eigenvalue weighted by atomic mass is 10.1. The molecule has 1 fully saturated rings. The van der Waals surface area contributed by atoms with E-state index in [1.807, 2.05) is 0 Å². The van der Waals surface area contributed by atoms with E-state index in [4.69, 9.17) is 9.73 Å². The number of nitrogens with zero attached hydrogens (tertiary/aromatic N) is 2. The second kappa shape index (κ2) is 9.84. The van der Waals surface area contributed by atoms with E-state index in [2.05, 4.69) is 57.1 Å². The molecule has 0 aliphatic carbocycles. The Kier molecular flexibility index (Phi) is 9.80. The van der Waals surface area contributed by atoms with Crippen molar-refractivity contribution in [3.63, 3.8) is 0 Å². The average molecular weight is 412 g/mol. The molecule has 0 aromatic carbocycles. The first-order chi connectivity index (χ1) is 9.33. The van der Waals surface area contributed by atoms with Gasteiger partial charge in [-0.1, -0.05) is 0 Å². The lowest BCUT2D eigenvalue weighted by Crippen LogP contribution is -2.50. The van der Waals surface area contributed by atoms with Gasteiger partial charge in [0.05, 0.1) is 19.8 Å². The predicted octanol–water partition coefficient (Wildman–Crippen LogP) is 2.07. The Bertz CT molecular complexity index is 317. The fourth-order valence-corrected chi connectivity index (χ4v) is 2.39. The van der Waals surface area contributed by atoms with Crippen LogP contribution in [0.2, 0.25) is 0 Å². The Balaban J connectivity index is 0.00000400. The number of hydrogen-bond acceptors (Lipinski definition) is 3. The highest BCUT2D eigenvalue weighted by atomic mass is 127. The number of ether oxygens (including phenoxy) is 1. The fourth-order valence-electron chi connectivity index (χ4n) is 2.39. The van der Waals surface area contributed by atoms with Crippen LogP contribution in [0.25, 0.3) is 0 Å². The second-order valence-corrected chi connectivity index (χ2v) is 6.61. The van der Waals surface area contributed by atoms with Crippen molar-refractivity contribution >= 4 is 29.9 Å². The maximum absolute atomic E-state index is 5.49. The lowest BCUT2D eigenvalue weighted by Gasteiger charge is -2.37. The number of morpholine rings is 1. The fraction of sp³-hybridized carbons (Fsp3) is 0.933. The van der Waals surface area contributed by atoms with Crippen LogP contribution in [0.4, 0.5) is 0 Å². The first-order valence-corrected chi connectivity index (χ1v) is 7.73. The van der Waals surface area contributed by atoms with Crippen molar-refractivity contribution in [2.45, 2.75) is 59.2 Å². The van der Waals surface area contributed by atoms with Gasteiger partial charge in [-0.05, 0) is 41.5 Å². The molecule has 2 unspecified atom stereocenters. The Morgan fingerprint density at radius 1 is 1.43 bits per heavy atom. The zero-order valence-corrected chi connectivity index (χ0v) is 16.7. The van der Waals surface area contributed by atoms with E-state index in [9.17, 15) is 0 Å². The minimum absolute atomic E-state index is 0. The molecule has 0 saturated carbocycles. The van der Waals surface area contributed by atoms with Crippen molar-refractivity contribution in [1.29, 1.82) is 0 Å². The van der Waals surface area contributed by atoms with Gasteiger partial charge in [-0.15, -0.1) is 24.0 Å². The summed E-state index contributed by atoms with van der Waals surface area (Å²) in [7, 11) is 0. The SMILES string of the molecule is CCNC(=NCC(C)N1CCOCC1C)NC(C)(C)C.I. The van der Waals surface area contributed by atoms with Crippen LogP contribution in [-0.4, -0.2) is 61.3 Å². The zero-order chi connectivity index (χ0) is 15.2. The summed E-state index contributed by atoms with van der Waals surface area (Å²) in [6.45, 7) is 17.3. The van der Waals surface area contributed by atoms with Crippen molar-refractivity contribution in [2.24, 2.45) is 4.99 Å². The number of guanidine groups is 1. The van der Waals surface area contributed by atoms with Crippen LogP contribution in [-0.2, 0) is 4.74 Å². The quantitative estimate of drug-likeness (QED) is 0.422. The molecule has 0 radical (unpaired) electrons. The van der Waals surface area contributed by atoms with E-state index in [-0.39, 0.29) is 29.5 Å². The summed E-state index contributed by atoms with van der Waals surface area (Å²) in [6.07, 6.45) is 0. The van der Waals surface area contributed by atoms with Gasteiger partial charge in [-0.2, -0.15) is 0 Å². The number of hydrogen-bond donors (Lipinski definition) is 2. The third kappa shape index (κ3) is 8.21. The highest BCUT2D eigenvalue weighted by Crippen LogP contribution is 2.11. The smallest absolute Gasteiger partial charge is 0.191 e. The molecule has 1 rings (SSSR count). The zero-order valence-electron chi connectivity index (χ0n) is 14.4. The largest absolute Gasteiger partial charge is 0.379 e. The van der Waals surface area contributed by atoms with E-state index in [0.29, 0.717) is 12.1 Å². The van der Waals surface area contributed by atoms with Gasteiger partial charge in [0.15, 0.2) is 5.96 Å². The van der Waals surface area contributed by atoms with Crippen LogP contribution >= 0.6 is 24.0 Å². The lowest BCUT2D eigenvalue weighted by molar-refractivity contribution is -0.0166. The molecule has 0 bridgehead atoms. The van der Waals surface area contributed by atoms with Crippen LogP contribution < -0.4 is 10.6 Å². The molecule has 1 aliphatic heterocycles. The minimum atomic E-state index is 0. The van der Waals surface area contributed by atoms with Gasteiger partial charge in [0, 0.05) is 30.7 Å². The first kappa shape index (κ1) is 20.9. The Morgan fingerprint density at radius 3 is 2.62 bits per heavy atom. The van der Waals surface area contributed by atoms with Gasteiger partial charge in [0.1, 0.15) is 0 Å². The third-order valence-corrected chi connectivity index (χ3v) is 3.34. The van der Waals surface area contributed by atoms with Crippen molar-refractivity contribution in [3.8, 4) is 0 Å². The summed E-state index contributed by atoms with van der Waals surface area (Å²) in [6, 6.07) is 0.913. The highest BCUT2D eigenvalue weighted by molar-refractivity contribution is 14.0. The molecule has 0 aromatic heterocycles. The third-order valence-electron chi connectivity index (χ3n) is 3.34. The van der Waals surface area contributed by atoms with Gasteiger partial charge in [0.25, 0.3) is 0 Å². The molecule has 1 saturated heterocycles. The van der Waals surface area contributed by atoms with Gasteiger partial charge < -0.3 is 15.4 Å². The average Bonchev–Trinajstić information content (AvgIpc) is 2.34. The van der Waals surface area contributed by atoms with Gasteiger partial charge in [-0.3, -0.25) is 9.89 Å². The van der Waals surface area contributed by atoms with Crippen LogP contribution in [0, 0.1) is 0 Å². The van der Waals surface area contributed by atoms with E-state index >= 15 is 0 Å². The van der Waals surface area contributed by atoms with E-state index in [1.54, 1.807) is 0 Å². The number of nitrogens with one attached hydrogen (secondary N) is 2. The molecule has 0 amide bonds. The van der Waals surface area contributed by atoms with Crippen LogP contribution in [0.5, 0.6) is 0 Å². The molecule has 21 heavy (non-hydrogen) atoms. The van der Waals surface area contributed by atoms with E-state index in [0.717, 1.165) is 38.8 Å². The molecule has 2 atom stereocenters. The Hall–Kier alpha value is -0.0800. The molecular formula is C15H33IN4O. The van der Waals surface area contributed by atoms with Crippen LogP contribution in [0.1, 0.15) is 41.5 Å². The topological polar surface area (TPSA) is 48.9 Å². The number of halogens is 1. The second-order valence-electron chi connectivity index (χ2n) is 6.61. The van der Waals surface area contributed by atoms with Gasteiger partial charge in [0.2, 0.25) is 0 Å². The maximum Gasteiger partial charge on any atom is 0.191 e. The number of rotatable bonds is 4. The van der Waals surface area contributed by atoms with Crippen molar-refractivity contribution in [3.05, 3.63) is 0 Å². The molecule has 1 heterocycles. The first-order valence-electron chi connectivity index (χ1n) is 7.73. The molecular weight excluding hydrogens is 379 g/mol. The summed E-state index contributed by atoms with van der Waals surface area (Å²) < 4.78 is 5.49. The highest BCUT2D eigenvalue weighted by Gasteiger charge is 2.23. The maximum atomic E-state index is 5.49. The Morgan fingerprint density at radius 2 is 2.10 bits per heavy atom.